The summed E-state index contributed by atoms with van der Waals surface area (Å²) in [5, 5.41) is 8.88. The Morgan fingerprint density at radius 3 is 1.82 bits per heavy atom. The molecule has 22 heavy (non-hydrogen) atoms. The van der Waals surface area contributed by atoms with Gasteiger partial charge in [0.25, 0.3) is 0 Å². The van der Waals surface area contributed by atoms with Crippen LogP contribution in [0.1, 0.15) is 66.7 Å². The van der Waals surface area contributed by atoms with Gasteiger partial charge in [-0.2, -0.15) is 0 Å². The maximum Gasteiger partial charge on any atom is 0.0781 e. The summed E-state index contributed by atoms with van der Waals surface area (Å²) in [4.78, 5) is 0. The first-order valence-corrected chi connectivity index (χ1v) is 8.91. The number of rotatable bonds is 15. The van der Waals surface area contributed by atoms with Crippen LogP contribution in [0.2, 0.25) is 0 Å². The molecule has 0 saturated carbocycles. The third-order valence-electron chi connectivity index (χ3n) is 3.57. The summed E-state index contributed by atoms with van der Waals surface area (Å²) in [6.07, 6.45) is 6.38. The highest BCUT2D eigenvalue weighted by atomic mass is 16.6. The predicted molar refractivity (Wildman–Crippen MR) is 91.3 cm³/mol. The third-order valence-corrected chi connectivity index (χ3v) is 3.57. The van der Waals surface area contributed by atoms with E-state index in [9.17, 15) is 0 Å². The van der Waals surface area contributed by atoms with Crippen LogP contribution in [-0.4, -0.2) is 49.8 Å². The van der Waals surface area contributed by atoms with Gasteiger partial charge in [-0.25, -0.2) is 0 Å². The van der Waals surface area contributed by atoms with Crippen LogP contribution in [0.5, 0.6) is 0 Å². The van der Waals surface area contributed by atoms with Gasteiger partial charge in [0, 0.05) is 6.61 Å². The van der Waals surface area contributed by atoms with Crippen molar-refractivity contribution in [3.05, 3.63) is 0 Å². The van der Waals surface area contributed by atoms with E-state index in [1.807, 2.05) is 20.8 Å². The number of hydrogen-bond donors (Lipinski definition) is 1. The Labute approximate surface area is 137 Å². The van der Waals surface area contributed by atoms with E-state index >= 15 is 0 Å². The highest BCUT2D eigenvalue weighted by molar-refractivity contribution is 4.55. The van der Waals surface area contributed by atoms with Crippen LogP contribution in [0.25, 0.3) is 0 Å². The largest absolute Gasteiger partial charge is 0.394 e. The van der Waals surface area contributed by atoms with Gasteiger partial charge in [-0.3, -0.25) is 0 Å². The molecule has 0 aromatic rings. The fraction of sp³-hybridized carbons (Fsp3) is 1.00. The number of aliphatic hydroxyl groups excluding tert-OH is 1. The van der Waals surface area contributed by atoms with Crippen LogP contribution in [0.4, 0.5) is 0 Å². The molecule has 1 N–H and O–H groups in total. The lowest BCUT2D eigenvalue weighted by Gasteiger charge is -2.19. The third kappa shape index (κ3) is 14.8. The van der Waals surface area contributed by atoms with Gasteiger partial charge in [-0.05, 0) is 33.1 Å². The van der Waals surface area contributed by atoms with Crippen LogP contribution in [0.15, 0.2) is 0 Å². The molecule has 0 saturated heterocycles. The second-order valence-corrected chi connectivity index (χ2v) is 6.75. The molecule has 0 bridgehead atoms. The molecule has 0 aromatic carbocycles. The van der Waals surface area contributed by atoms with Gasteiger partial charge in [0.05, 0.1) is 38.1 Å². The fourth-order valence-corrected chi connectivity index (χ4v) is 2.04. The zero-order valence-electron chi connectivity index (χ0n) is 15.3. The van der Waals surface area contributed by atoms with Crippen molar-refractivity contribution >= 4 is 0 Å². The Morgan fingerprint density at radius 1 is 0.682 bits per heavy atom. The Kier molecular flexibility index (Phi) is 14.3. The van der Waals surface area contributed by atoms with Crippen molar-refractivity contribution in [1.82, 2.24) is 0 Å². The van der Waals surface area contributed by atoms with E-state index in [0.29, 0.717) is 13.2 Å². The molecule has 0 aromatic heterocycles. The first kappa shape index (κ1) is 21.8. The van der Waals surface area contributed by atoms with Crippen molar-refractivity contribution in [2.24, 2.45) is 5.92 Å². The molecule has 0 rings (SSSR count). The number of unbranched alkanes of at least 4 members (excludes halogenated alkanes) is 3. The summed E-state index contributed by atoms with van der Waals surface area (Å²) < 4.78 is 16.9. The SMILES string of the molecule is CC(C)CCCCCCOC(C)COC(C)COC(C)CO. The molecule has 0 spiro atoms. The predicted octanol–water partition coefficient (Wildman–Crippen LogP) is 3.80. The molecule has 134 valence electrons. The molecule has 4 nitrogen and oxygen atoms in total. The number of hydrogen-bond acceptors (Lipinski definition) is 4. The first-order valence-electron chi connectivity index (χ1n) is 8.91. The van der Waals surface area contributed by atoms with Gasteiger partial charge in [-0.15, -0.1) is 0 Å². The van der Waals surface area contributed by atoms with E-state index in [1.165, 1.54) is 25.7 Å². The Bertz CT molecular complexity index is 233. The van der Waals surface area contributed by atoms with Gasteiger partial charge in [0.15, 0.2) is 0 Å². The Hall–Kier alpha value is -0.160. The van der Waals surface area contributed by atoms with E-state index in [2.05, 4.69) is 13.8 Å². The van der Waals surface area contributed by atoms with Gasteiger partial charge >= 0.3 is 0 Å². The fourth-order valence-electron chi connectivity index (χ4n) is 2.04. The molecular formula is C18H38O4. The summed E-state index contributed by atoms with van der Waals surface area (Å²) >= 11 is 0. The summed E-state index contributed by atoms with van der Waals surface area (Å²) in [5.74, 6) is 0.819. The van der Waals surface area contributed by atoms with Crippen molar-refractivity contribution in [2.45, 2.75) is 85.0 Å². The Morgan fingerprint density at radius 2 is 1.23 bits per heavy atom. The van der Waals surface area contributed by atoms with Crippen LogP contribution in [0.3, 0.4) is 0 Å². The monoisotopic (exact) mass is 318 g/mol. The Balaban J connectivity index is 3.40. The van der Waals surface area contributed by atoms with Gasteiger partial charge < -0.3 is 19.3 Å². The lowest BCUT2D eigenvalue weighted by Crippen LogP contribution is -2.26. The molecule has 0 aliphatic rings. The summed E-state index contributed by atoms with van der Waals surface area (Å²) in [5.41, 5.74) is 0. The maximum atomic E-state index is 8.88. The first-order chi connectivity index (χ1) is 10.5. The topological polar surface area (TPSA) is 47.9 Å². The number of aliphatic hydroxyl groups is 1. The quantitative estimate of drug-likeness (QED) is 0.467. The molecule has 4 heteroatoms. The van der Waals surface area contributed by atoms with Crippen LogP contribution in [0, 0.1) is 5.92 Å². The molecule has 0 aliphatic heterocycles. The second-order valence-electron chi connectivity index (χ2n) is 6.75. The molecule has 0 amide bonds. The summed E-state index contributed by atoms with van der Waals surface area (Å²) in [6.45, 7) is 12.4. The zero-order chi connectivity index (χ0) is 16.8. The van der Waals surface area contributed by atoms with E-state index in [0.717, 1.165) is 18.9 Å². The average molecular weight is 318 g/mol. The smallest absolute Gasteiger partial charge is 0.0781 e. The maximum absolute atomic E-state index is 8.88. The van der Waals surface area contributed by atoms with Gasteiger partial charge in [0.1, 0.15) is 0 Å². The van der Waals surface area contributed by atoms with E-state index in [4.69, 9.17) is 19.3 Å². The van der Waals surface area contributed by atoms with E-state index in [1.54, 1.807) is 0 Å². The minimum absolute atomic E-state index is 0.0242. The second kappa shape index (κ2) is 14.4. The molecular weight excluding hydrogens is 280 g/mol. The zero-order valence-corrected chi connectivity index (χ0v) is 15.3. The van der Waals surface area contributed by atoms with Gasteiger partial charge in [0.2, 0.25) is 0 Å². The standard InChI is InChI=1S/C18H38O4/c1-15(2)10-8-6-7-9-11-20-17(4)13-22-18(5)14-21-16(3)12-19/h15-19H,6-14H2,1-5H3. The molecule has 0 fully saturated rings. The molecule has 0 heterocycles. The van der Waals surface area contributed by atoms with Crippen LogP contribution < -0.4 is 0 Å². The normalized spacial score (nSPS) is 16.0. The summed E-state index contributed by atoms with van der Waals surface area (Å²) in [7, 11) is 0. The highest BCUT2D eigenvalue weighted by Crippen LogP contribution is 2.09. The van der Waals surface area contributed by atoms with Gasteiger partial charge in [-0.1, -0.05) is 39.5 Å². The van der Waals surface area contributed by atoms with Crippen LogP contribution >= 0.6 is 0 Å². The summed E-state index contributed by atoms with van der Waals surface area (Å²) in [6, 6.07) is 0. The molecule has 3 unspecified atom stereocenters. The number of ether oxygens (including phenoxy) is 3. The van der Waals surface area contributed by atoms with Crippen molar-refractivity contribution in [3.8, 4) is 0 Å². The molecule has 0 radical (unpaired) electrons. The van der Waals surface area contributed by atoms with E-state index in [-0.39, 0.29) is 24.9 Å². The van der Waals surface area contributed by atoms with E-state index < -0.39 is 0 Å². The van der Waals surface area contributed by atoms with Crippen molar-refractivity contribution in [2.75, 3.05) is 26.4 Å². The minimum Gasteiger partial charge on any atom is -0.394 e. The lowest BCUT2D eigenvalue weighted by atomic mass is 10.0. The minimum atomic E-state index is -0.129. The van der Waals surface area contributed by atoms with Crippen molar-refractivity contribution < 1.29 is 19.3 Å². The lowest BCUT2D eigenvalue weighted by molar-refractivity contribution is -0.0746. The molecule has 3 atom stereocenters. The highest BCUT2D eigenvalue weighted by Gasteiger charge is 2.09. The van der Waals surface area contributed by atoms with Crippen molar-refractivity contribution in [1.29, 1.82) is 0 Å². The average Bonchev–Trinajstić information content (AvgIpc) is 2.49. The molecule has 0 aliphatic carbocycles. The van der Waals surface area contributed by atoms with Crippen molar-refractivity contribution in [3.63, 3.8) is 0 Å². The van der Waals surface area contributed by atoms with Crippen LogP contribution in [-0.2, 0) is 14.2 Å².